The molecule has 0 aromatic heterocycles. The predicted octanol–water partition coefficient (Wildman–Crippen LogP) is 2.57. The molecule has 4 heteroatoms. The van der Waals surface area contributed by atoms with Crippen LogP contribution in [0, 0.1) is 5.92 Å². The summed E-state index contributed by atoms with van der Waals surface area (Å²) in [6.07, 6.45) is 3.85. The van der Waals surface area contributed by atoms with Gasteiger partial charge in [-0.15, -0.1) is 0 Å². The lowest BCUT2D eigenvalue weighted by atomic mass is 10.1. The van der Waals surface area contributed by atoms with E-state index in [4.69, 9.17) is 10.8 Å². The molecule has 2 rings (SSSR count). The Morgan fingerprint density at radius 2 is 2.29 bits per heavy atom. The van der Waals surface area contributed by atoms with E-state index >= 15 is 0 Å². The van der Waals surface area contributed by atoms with Crippen molar-refractivity contribution in [2.24, 2.45) is 5.92 Å². The Morgan fingerprint density at radius 3 is 2.82 bits per heavy atom. The van der Waals surface area contributed by atoms with Gasteiger partial charge in [-0.25, -0.2) is 4.79 Å². The Morgan fingerprint density at radius 1 is 1.59 bits per heavy atom. The van der Waals surface area contributed by atoms with Crippen LogP contribution in [0.2, 0.25) is 0 Å². The fraction of sp³-hybridized carbons (Fsp3) is 0.462. The standard InChI is InChI=1S/C13H18N2O2/c1-8(6-9-2-3-9)15-10-4-5-11(13(16)17)12(14)7-10/h4-5,7-9,15H,2-3,6,14H2,1H3,(H,16,17). The monoisotopic (exact) mass is 234 g/mol. The second kappa shape index (κ2) is 4.65. The molecular weight excluding hydrogens is 216 g/mol. The van der Waals surface area contributed by atoms with E-state index in [2.05, 4.69) is 12.2 Å². The SMILES string of the molecule is CC(CC1CC1)Nc1ccc(C(=O)O)c(N)c1. The number of hydrogen-bond donors (Lipinski definition) is 3. The van der Waals surface area contributed by atoms with Crippen molar-refractivity contribution in [3.8, 4) is 0 Å². The number of nitrogen functional groups attached to an aromatic ring is 1. The Bertz CT molecular complexity index is 427. The minimum atomic E-state index is -0.986. The summed E-state index contributed by atoms with van der Waals surface area (Å²) in [4.78, 5) is 10.8. The van der Waals surface area contributed by atoms with E-state index in [9.17, 15) is 4.79 Å². The molecule has 0 bridgehead atoms. The maximum absolute atomic E-state index is 10.8. The van der Waals surface area contributed by atoms with Crippen LogP contribution in [-0.2, 0) is 0 Å². The number of aromatic carboxylic acids is 1. The minimum absolute atomic E-state index is 0.158. The second-order valence-corrected chi connectivity index (χ2v) is 4.83. The van der Waals surface area contributed by atoms with Crippen molar-refractivity contribution < 1.29 is 9.90 Å². The van der Waals surface area contributed by atoms with Crippen molar-refractivity contribution in [1.82, 2.24) is 0 Å². The van der Waals surface area contributed by atoms with Gasteiger partial charge in [0.05, 0.1) is 5.56 Å². The number of carboxylic acid groups (broad SMARTS) is 1. The van der Waals surface area contributed by atoms with Crippen LogP contribution < -0.4 is 11.1 Å². The molecule has 1 aromatic carbocycles. The number of benzene rings is 1. The molecule has 1 aliphatic rings. The molecule has 92 valence electrons. The van der Waals surface area contributed by atoms with Gasteiger partial charge < -0.3 is 16.2 Å². The first-order valence-corrected chi connectivity index (χ1v) is 5.95. The molecule has 0 radical (unpaired) electrons. The number of rotatable bonds is 5. The van der Waals surface area contributed by atoms with E-state index in [1.54, 1.807) is 18.2 Å². The van der Waals surface area contributed by atoms with Crippen LogP contribution in [0.1, 0.15) is 36.5 Å². The van der Waals surface area contributed by atoms with Crippen LogP contribution in [0.15, 0.2) is 18.2 Å². The average Bonchev–Trinajstić information content (AvgIpc) is 3.00. The Hall–Kier alpha value is -1.71. The molecule has 4 nitrogen and oxygen atoms in total. The predicted molar refractivity (Wildman–Crippen MR) is 68.2 cm³/mol. The normalized spacial score (nSPS) is 16.5. The lowest BCUT2D eigenvalue weighted by molar-refractivity contribution is 0.0698. The zero-order valence-electron chi connectivity index (χ0n) is 9.94. The molecule has 0 aliphatic heterocycles. The van der Waals surface area contributed by atoms with Crippen molar-refractivity contribution in [3.63, 3.8) is 0 Å². The van der Waals surface area contributed by atoms with Gasteiger partial charge >= 0.3 is 5.97 Å². The smallest absolute Gasteiger partial charge is 0.337 e. The van der Waals surface area contributed by atoms with Crippen LogP contribution in [0.3, 0.4) is 0 Å². The third-order valence-corrected chi connectivity index (χ3v) is 3.08. The van der Waals surface area contributed by atoms with Crippen LogP contribution in [-0.4, -0.2) is 17.1 Å². The van der Waals surface area contributed by atoms with Crippen LogP contribution in [0.25, 0.3) is 0 Å². The highest BCUT2D eigenvalue weighted by Crippen LogP contribution is 2.34. The van der Waals surface area contributed by atoms with E-state index in [-0.39, 0.29) is 5.56 Å². The number of hydrogen-bond acceptors (Lipinski definition) is 3. The maximum Gasteiger partial charge on any atom is 0.337 e. The highest BCUT2D eigenvalue weighted by Gasteiger charge is 2.23. The van der Waals surface area contributed by atoms with E-state index < -0.39 is 5.97 Å². The first-order chi connectivity index (χ1) is 8.06. The molecule has 1 unspecified atom stereocenters. The number of nitrogens with two attached hydrogens (primary N) is 1. The van der Waals surface area contributed by atoms with Gasteiger partial charge in [0, 0.05) is 17.4 Å². The van der Waals surface area contributed by atoms with E-state index in [1.165, 1.54) is 19.3 Å². The quantitative estimate of drug-likeness (QED) is 0.684. The number of carboxylic acids is 1. The van der Waals surface area contributed by atoms with Crippen LogP contribution in [0.4, 0.5) is 11.4 Å². The molecule has 4 N–H and O–H groups in total. The van der Waals surface area contributed by atoms with Crippen molar-refractivity contribution >= 4 is 17.3 Å². The van der Waals surface area contributed by atoms with Gasteiger partial charge in [-0.3, -0.25) is 0 Å². The van der Waals surface area contributed by atoms with Gasteiger partial charge in [0.2, 0.25) is 0 Å². The van der Waals surface area contributed by atoms with E-state index in [1.807, 2.05) is 0 Å². The topological polar surface area (TPSA) is 75.3 Å². The molecule has 1 fully saturated rings. The summed E-state index contributed by atoms with van der Waals surface area (Å²) < 4.78 is 0. The first kappa shape index (κ1) is 11.8. The van der Waals surface area contributed by atoms with Crippen molar-refractivity contribution in [1.29, 1.82) is 0 Å². The fourth-order valence-electron chi connectivity index (χ4n) is 2.04. The minimum Gasteiger partial charge on any atom is -0.478 e. The maximum atomic E-state index is 10.8. The molecule has 1 atom stereocenters. The molecular formula is C13H18N2O2. The Balaban J connectivity index is 2.00. The Labute approximate surface area is 101 Å². The summed E-state index contributed by atoms with van der Waals surface area (Å²) in [6, 6.07) is 5.40. The van der Waals surface area contributed by atoms with Gasteiger partial charge in [0.15, 0.2) is 0 Å². The third-order valence-electron chi connectivity index (χ3n) is 3.08. The van der Waals surface area contributed by atoms with Gasteiger partial charge in [-0.2, -0.15) is 0 Å². The van der Waals surface area contributed by atoms with Crippen LogP contribution in [0.5, 0.6) is 0 Å². The molecule has 1 aromatic rings. The highest BCUT2D eigenvalue weighted by molar-refractivity contribution is 5.94. The molecule has 0 amide bonds. The van der Waals surface area contributed by atoms with Crippen molar-refractivity contribution in [2.45, 2.75) is 32.2 Å². The summed E-state index contributed by atoms with van der Waals surface area (Å²) in [6.45, 7) is 2.14. The number of carbonyl (C=O) groups is 1. The van der Waals surface area contributed by atoms with Gasteiger partial charge in [0.25, 0.3) is 0 Å². The first-order valence-electron chi connectivity index (χ1n) is 5.95. The van der Waals surface area contributed by atoms with Crippen LogP contribution >= 0.6 is 0 Å². The summed E-state index contributed by atoms with van der Waals surface area (Å²) in [5.74, 6) is -0.117. The van der Waals surface area contributed by atoms with Gasteiger partial charge in [-0.1, -0.05) is 12.8 Å². The summed E-state index contributed by atoms with van der Waals surface area (Å²) >= 11 is 0. The zero-order chi connectivity index (χ0) is 12.4. The zero-order valence-corrected chi connectivity index (χ0v) is 9.94. The van der Waals surface area contributed by atoms with Crippen molar-refractivity contribution in [3.05, 3.63) is 23.8 Å². The summed E-state index contributed by atoms with van der Waals surface area (Å²) in [7, 11) is 0. The lowest BCUT2D eigenvalue weighted by Gasteiger charge is -2.15. The molecule has 1 saturated carbocycles. The summed E-state index contributed by atoms with van der Waals surface area (Å²) in [5.41, 5.74) is 7.04. The molecule has 0 heterocycles. The average molecular weight is 234 g/mol. The highest BCUT2D eigenvalue weighted by atomic mass is 16.4. The van der Waals surface area contributed by atoms with Crippen molar-refractivity contribution in [2.75, 3.05) is 11.1 Å². The summed E-state index contributed by atoms with van der Waals surface area (Å²) in [5, 5.41) is 12.2. The molecule has 1 aliphatic carbocycles. The fourth-order valence-corrected chi connectivity index (χ4v) is 2.04. The second-order valence-electron chi connectivity index (χ2n) is 4.83. The molecule has 0 saturated heterocycles. The van der Waals surface area contributed by atoms with E-state index in [0.717, 1.165) is 11.6 Å². The van der Waals surface area contributed by atoms with Gasteiger partial charge in [0.1, 0.15) is 0 Å². The Kier molecular flexibility index (Phi) is 3.22. The number of anilines is 2. The molecule has 0 spiro atoms. The van der Waals surface area contributed by atoms with Gasteiger partial charge in [-0.05, 0) is 37.5 Å². The lowest BCUT2D eigenvalue weighted by Crippen LogP contribution is -2.16. The third kappa shape index (κ3) is 3.12. The number of nitrogens with one attached hydrogen (secondary N) is 1. The van der Waals surface area contributed by atoms with E-state index in [0.29, 0.717) is 11.7 Å². The largest absolute Gasteiger partial charge is 0.478 e. The molecule has 17 heavy (non-hydrogen) atoms.